The van der Waals surface area contributed by atoms with Crippen LogP contribution in [0.25, 0.3) is 0 Å². The van der Waals surface area contributed by atoms with Crippen LogP contribution in [0, 0.1) is 0 Å². The summed E-state index contributed by atoms with van der Waals surface area (Å²) in [6.45, 7) is 10.8. The zero-order valence-electron chi connectivity index (χ0n) is 10.3. The Kier molecular flexibility index (Phi) is 4.74. The second kappa shape index (κ2) is 5.85. The fourth-order valence-corrected chi connectivity index (χ4v) is 1.81. The summed E-state index contributed by atoms with van der Waals surface area (Å²) in [4.78, 5) is 11.6. The van der Waals surface area contributed by atoms with Crippen LogP contribution in [-0.2, 0) is 14.3 Å². The molecule has 1 rings (SSSR count). The molecule has 0 bridgehead atoms. The summed E-state index contributed by atoms with van der Waals surface area (Å²) in [5.74, 6) is -0.314. The normalized spacial score (nSPS) is 21.6. The zero-order valence-corrected chi connectivity index (χ0v) is 10.3. The van der Waals surface area contributed by atoms with Gasteiger partial charge < -0.3 is 9.47 Å². The van der Waals surface area contributed by atoms with Gasteiger partial charge in [0.2, 0.25) is 0 Å². The lowest BCUT2D eigenvalue weighted by Crippen LogP contribution is -2.13. The minimum Gasteiger partial charge on any atom is -0.462 e. The van der Waals surface area contributed by atoms with Gasteiger partial charge in [-0.25, -0.2) is 4.79 Å². The molecule has 3 nitrogen and oxygen atoms in total. The first-order valence-corrected chi connectivity index (χ1v) is 5.72. The molecule has 0 saturated carbocycles. The summed E-state index contributed by atoms with van der Waals surface area (Å²) in [6, 6.07) is 0. The number of esters is 1. The van der Waals surface area contributed by atoms with Gasteiger partial charge in [-0.1, -0.05) is 12.2 Å². The van der Waals surface area contributed by atoms with Crippen molar-refractivity contribution in [2.45, 2.75) is 39.7 Å². The summed E-state index contributed by atoms with van der Waals surface area (Å²) >= 11 is 0. The third-order valence-corrected chi connectivity index (χ3v) is 2.77. The van der Waals surface area contributed by atoms with Crippen LogP contribution in [0.3, 0.4) is 0 Å². The van der Waals surface area contributed by atoms with Gasteiger partial charge in [-0.2, -0.15) is 0 Å². The number of carbonyl (C=O) groups is 1. The summed E-state index contributed by atoms with van der Waals surface area (Å²) in [5, 5.41) is 0. The van der Waals surface area contributed by atoms with Gasteiger partial charge in [0.1, 0.15) is 0 Å². The molecule has 0 aromatic rings. The van der Waals surface area contributed by atoms with Gasteiger partial charge in [0, 0.05) is 0 Å². The van der Waals surface area contributed by atoms with Crippen molar-refractivity contribution in [1.29, 1.82) is 0 Å². The minimum absolute atomic E-state index is 0.138. The first-order valence-electron chi connectivity index (χ1n) is 5.72. The van der Waals surface area contributed by atoms with Crippen LogP contribution in [0.5, 0.6) is 0 Å². The topological polar surface area (TPSA) is 35.5 Å². The quantitative estimate of drug-likeness (QED) is 0.546. The van der Waals surface area contributed by atoms with Gasteiger partial charge in [0.05, 0.1) is 24.9 Å². The minimum atomic E-state index is -0.314. The molecule has 0 radical (unpaired) electrons. The van der Waals surface area contributed by atoms with Crippen molar-refractivity contribution in [2.24, 2.45) is 0 Å². The van der Waals surface area contributed by atoms with E-state index in [9.17, 15) is 4.79 Å². The van der Waals surface area contributed by atoms with E-state index < -0.39 is 0 Å². The Morgan fingerprint density at radius 1 is 1.62 bits per heavy atom. The van der Waals surface area contributed by atoms with Crippen LogP contribution in [-0.4, -0.2) is 25.3 Å². The summed E-state index contributed by atoms with van der Waals surface area (Å²) < 4.78 is 10.5. The predicted molar refractivity (Wildman–Crippen MR) is 63.1 cm³/mol. The molecule has 0 fully saturated rings. The molecule has 1 atom stereocenters. The van der Waals surface area contributed by atoms with Crippen molar-refractivity contribution in [3.63, 3.8) is 0 Å². The van der Waals surface area contributed by atoms with Gasteiger partial charge in [-0.3, -0.25) is 0 Å². The second-order valence-corrected chi connectivity index (χ2v) is 4.09. The van der Waals surface area contributed by atoms with Gasteiger partial charge >= 0.3 is 5.97 Å². The highest BCUT2D eigenvalue weighted by Gasteiger charge is 2.20. The fraction of sp³-hybridized carbons (Fsp3) is 0.615. The van der Waals surface area contributed by atoms with E-state index >= 15 is 0 Å². The van der Waals surface area contributed by atoms with E-state index in [0.717, 1.165) is 18.4 Å². The highest BCUT2D eigenvalue weighted by atomic mass is 16.5. The molecule has 90 valence electrons. The van der Waals surface area contributed by atoms with E-state index in [2.05, 4.69) is 6.58 Å². The van der Waals surface area contributed by atoms with E-state index in [4.69, 9.17) is 9.47 Å². The summed E-state index contributed by atoms with van der Waals surface area (Å²) in [5.41, 5.74) is 2.67. The average Bonchev–Trinajstić information content (AvgIpc) is 2.40. The summed E-state index contributed by atoms with van der Waals surface area (Å²) in [6.07, 6.45) is 1.74. The third kappa shape index (κ3) is 3.20. The molecule has 0 aromatic heterocycles. The molecule has 0 aliphatic carbocycles. The van der Waals surface area contributed by atoms with Crippen LogP contribution in [0.2, 0.25) is 0 Å². The van der Waals surface area contributed by atoms with Crippen LogP contribution < -0.4 is 0 Å². The molecule has 0 aromatic carbocycles. The van der Waals surface area contributed by atoms with E-state index in [1.54, 1.807) is 6.92 Å². The fourth-order valence-electron chi connectivity index (χ4n) is 1.81. The van der Waals surface area contributed by atoms with Crippen LogP contribution >= 0.6 is 0 Å². The molecule has 0 amide bonds. The number of hydrogen-bond acceptors (Lipinski definition) is 3. The van der Waals surface area contributed by atoms with Crippen molar-refractivity contribution in [2.75, 3.05) is 13.2 Å². The monoisotopic (exact) mass is 224 g/mol. The average molecular weight is 224 g/mol. The Hall–Kier alpha value is -1.09. The standard InChI is InChI=1S/C13H20O3/c1-5-15-13(14)11(4)12-8-10(3)16-7-6-9(12)2/h10H,4-8H2,1-3H3. The van der Waals surface area contributed by atoms with E-state index in [0.29, 0.717) is 18.8 Å². The van der Waals surface area contributed by atoms with Crippen molar-refractivity contribution in [1.82, 2.24) is 0 Å². The largest absolute Gasteiger partial charge is 0.462 e. The Balaban J connectivity index is 2.82. The maximum absolute atomic E-state index is 11.6. The second-order valence-electron chi connectivity index (χ2n) is 4.09. The van der Waals surface area contributed by atoms with E-state index in [-0.39, 0.29) is 12.1 Å². The molecule has 1 aliphatic rings. The predicted octanol–water partition coefficient (Wildman–Crippen LogP) is 2.62. The third-order valence-electron chi connectivity index (χ3n) is 2.77. The SMILES string of the molecule is C=C(C(=O)OCC)C1=C(C)CCOC(C)C1. The lowest BCUT2D eigenvalue weighted by atomic mass is 9.96. The highest BCUT2D eigenvalue weighted by molar-refractivity contribution is 5.92. The molecule has 0 N–H and O–H groups in total. The van der Waals surface area contributed by atoms with Gasteiger partial charge in [0.15, 0.2) is 0 Å². The molecule has 1 heterocycles. The molecule has 16 heavy (non-hydrogen) atoms. The van der Waals surface area contributed by atoms with Crippen molar-refractivity contribution < 1.29 is 14.3 Å². The molecular formula is C13H20O3. The molecule has 3 heteroatoms. The Morgan fingerprint density at radius 2 is 2.31 bits per heavy atom. The summed E-state index contributed by atoms with van der Waals surface area (Å²) in [7, 11) is 0. The highest BCUT2D eigenvalue weighted by Crippen LogP contribution is 2.26. The first kappa shape index (κ1) is 13.0. The Morgan fingerprint density at radius 3 is 2.94 bits per heavy atom. The zero-order chi connectivity index (χ0) is 12.1. The Bertz CT molecular complexity index is 315. The maximum atomic E-state index is 11.6. The number of ether oxygens (including phenoxy) is 2. The lowest BCUT2D eigenvalue weighted by molar-refractivity contribution is -0.138. The maximum Gasteiger partial charge on any atom is 0.337 e. The van der Waals surface area contributed by atoms with E-state index in [1.807, 2.05) is 13.8 Å². The lowest BCUT2D eigenvalue weighted by Gasteiger charge is -2.13. The first-order chi connectivity index (χ1) is 7.56. The number of rotatable bonds is 3. The van der Waals surface area contributed by atoms with Crippen molar-refractivity contribution in [3.05, 3.63) is 23.3 Å². The Labute approximate surface area is 97.1 Å². The number of hydrogen-bond donors (Lipinski definition) is 0. The van der Waals surface area contributed by atoms with Gasteiger partial charge in [-0.05, 0) is 39.2 Å². The van der Waals surface area contributed by atoms with Crippen molar-refractivity contribution in [3.8, 4) is 0 Å². The van der Waals surface area contributed by atoms with Crippen LogP contribution in [0.15, 0.2) is 23.3 Å². The molecule has 1 aliphatic heterocycles. The molecule has 1 unspecified atom stereocenters. The smallest absolute Gasteiger partial charge is 0.337 e. The van der Waals surface area contributed by atoms with Crippen LogP contribution in [0.1, 0.15) is 33.6 Å². The molecule has 0 saturated heterocycles. The van der Waals surface area contributed by atoms with E-state index in [1.165, 1.54) is 5.57 Å². The van der Waals surface area contributed by atoms with Crippen LogP contribution in [0.4, 0.5) is 0 Å². The molecule has 0 spiro atoms. The van der Waals surface area contributed by atoms with Gasteiger partial charge in [-0.15, -0.1) is 0 Å². The number of carbonyl (C=O) groups excluding carboxylic acids is 1. The molecular weight excluding hydrogens is 204 g/mol. The van der Waals surface area contributed by atoms with Gasteiger partial charge in [0.25, 0.3) is 0 Å². The van der Waals surface area contributed by atoms with Crippen molar-refractivity contribution >= 4 is 5.97 Å².